The molecule has 1 rings (SSSR count). The summed E-state index contributed by atoms with van der Waals surface area (Å²) in [6, 6.07) is 5.20. The van der Waals surface area contributed by atoms with Gasteiger partial charge in [-0.15, -0.1) is 0 Å². The fourth-order valence-corrected chi connectivity index (χ4v) is 1.39. The predicted octanol–water partition coefficient (Wildman–Crippen LogP) is -1.99. The number of rotatable bonds is 2. The zero-order valence-corrected chi connectivity index (χ0v) is 12.3. The Morgan fingerprint density at radius 2 is 1.80 bits per heavy atom. The molecule has 0 aliphatic rings. The summed E-state index contributed by atoms with van der Waals surface area (Å²) in [6.45, 7) is 1.34. The van der Waals surface area contributed by atoms with Gasteiger partial charge in [-0.2, -0.15) is 8.42 Å². The molecule has 15 heavy (non-hydrogen) atoms. The second kappa shape index (κ2) is 6.09. The SMILES string of the molecule is CC(=O)Nc1ccc(S(=O)(=O)O)cc1.[H-].[K+]. The van der Waals surface area contributed by atoms with Crippen LogP contribution in [0.15, 0.2) is 29.2 Å². The fraction of sp³-hybridized carbons (Fsp3) is 0.125. The van der Waals surface area contributed by atoms with Crippen LogP contribution in [0.1, 0.15) is 8.35 Å². The number of anilines is 1. The summed E-state index contributed by atoms with van der Waals surface area (Å²) >= 11 is 0. The molecule has 5 nitrogen and oxygen atoms in total. The molecular weight excluding hydrogens is 245 g/mol. The molecule has 0 unspecified atom stereocenters. The summed E-state index contributed by atoms with van der Waals surface area (Å²) in [5.74, 6) is -0.246. The van der Waals surface area contributed by atoms with Gasteiger partial charge in [0.1, 0.15) is 0 Å². The zero-order valence-electron chi connectivity index (χ0n) is 9.39. The van der Waals surface area contributed by atoms with Crippen LogP contribution in [0.25, 0.3) is 0 Å². The van der Waals surface area contributed by atoms with E-state index in [2.05, 4.69) is 5.32 Å². The molecule has 1 amide bonds. The van der Waals surface area contributed by atoms with Gasteiger partial charge in [-0.05, 0) is 24.3 Å². The maximum Gasteiger partial charge on any atom is 1.00 e. The largest absolute Gasteiger partial charge is 1.00 e. The Balaban J connectivity index is 0. The zero-order chi connectivity index (χ0) is 10.8. The average Bonchev–Trinajstić information content (AvgIpc) is 2.02. The predicted molar refractivity (Wildman–Crippen MR) is 51.7 cm³/mol. The van der Waals surface area contributed by atoms with Crippen LogP contribution in [0.2, 0.25) is 0 Å². The van der Waals surface area contributed by atoms with Crippen molar-refractivity contribution in [3.8, 4) is 0 Å². The second-order valence-corrected chi connectivity index (χ2v) is 4.10. The van der Waals surface area contributed by atoms with Crippen molar-refractivity contribution in [2.24, 2.45) is 0 Å². The smallest absolute Gasteiger partial charge is 1.00 e. The summed E-state index contributed by atoms with van der Waals surface area (Å²) in [6.07, 6.45) is 0. The minimum absolute atomic E-state index is 0. The normalized spacial score (nSPS) is 10.3. The first-order valence-corrected chi connectivity index (χ1v) is 5.19. The van der Waals surface area contributed by atoms with Crippen molar-refractivity contribution in [1.29, 1.82) is 0 Å². The molecule has 0 bridgehead atoms. The monoisotopic (exact) mass is 255 g/mol. The van der Waals surface area contributed by atoms with Crippen LogP contribution in [0.5, 0.6) is 0 Å². The number of amides is 1. The molecule has 2 N–H and O–H groups in total. The number of hydrogen-bond donors (Lipinski definition) is 2. The Hall–Kier alpha value is 0.236. The number of benzene rings is 1. The first-order valence-electron chi connectivity index (χ1n) is 3.75. The van der Waals surface area contributed by atoms with Crippen LogP contribution < -0.4 is 56.7 Å². The van der Waals surface area contributed by atoms with Crippen molar-refractivity contribution in [2.75, 3.05) is 5.32 Å². The van der Waals surface area contributed by atoms with Gasteiger partial charge in [0.15, 0.2) is 0 Å². The third-order valence-corrected chi connectivity index (χ3v) is 2.34. The molecule has 0 fully saturated rings. The van der Waals surface area contributed by atoms with Gasteiger partial charge in [0, 0.05) is 12.6 Å². The molecule has 0 aliphatic carbocycles. The molecule has 0 atom stereocenters. The first kappa shape index (κ1) is 15.2. The Kier molecular flexibility index (Phi) is 6.19. The molecule has 0 saturated carbocycles. The number of carbonyl (C=O) groups is 1. The van der Waals surface area contributed by atoms with E-state index in [1.165, 1.54) is 31.2 Å². The van der Waals surface area contributed by atoms with Gasteiger partial charge in [0.05, 0.1) is 4.90 Å². The molecule has 0 spiro atoms. The van der Waals surface area contributed by atoms with Crippen molar-refractivity contribution in [1.82, 2.24) is 0 Å². The number of carbonyl (C=O) groups excluding carboxylic acids is 1. The maximum atomic E-state index is 10.6. The Morgan fingerprint density at radius 3 is 2.13 bits per heavy atom. The van der Waals surface area contributed by atoms with Crippen LogP contribution in [0.4, 0.5) is 5.69 Å². The molecule has 0 radical (unpaired) electrons. The molecule has 7 heteroatoms. The first-order chi connectivity index (χ1) is 6.39. The van der Waals surface area contributed by atoms with Gasteiger partial charge in [-0.3, -0.25) is 9.35 Å². The summed E-state index contributed by atoms with van der Waals surface area (Å²) in [5, 5.41) is 2.47. The van der Waals surface area contributed by atoms with E-state index in [0.717, 1.165) is 0 Å². The quantitative estimate of drug-likeness (QED) is 0.473. The molecule has 1 aromatic rings. The molecule has 1 aromatic carbocycles. The Morgan fingerprint density at radius 1 is 1.33 bits per heavy atom. The number of hydrogen-bond acceptors (Lipinski definition) is 3. The van der Waals surface area contributed by atoms with E-state index in [9.17, 15) is 13.2 Å². The summed E-state index contributed by atoms with van der Waals surface area (Å²) in [5.41, 5.74) is 0.477. The van der Waals surface area contributed by atoms with Crippen LogP contribution in [0.3, 0.4) is 0 Å². The molecule has 0 aromatic heterocycles. The van der Waals surface area contributed by atoms with E-state index in [4.69, 9.17) is 4.55 Å². The van der Waals surface area contributed by atoms with Gasteiger partial charge in [-0.1, -0.05) is 0 Å². The maximum absolute atomic E-state index is 10.6. The van der Waals surface area contributed by atoms with Crippen molar-refractivity contribution < 1.29 is 70.6 Å². The third-order valence-electron chi connectivity index (χ3n) is 1.47. The van der Waals surface area contributed by atoms with Crippen LogP contribution >= 0.6 is 0 Å². The van der Waals surface area contributed by atoms with Crippen molar-refractivity contribution >= 4 is 21.7 Å². The van der Waals surface area contributed by atoms with Crippen molar-refractivity contribution in [3.63, 3.8) is 0 Å². The van der Waals surface area contributed by atoms with Gasteiger partial charge in [0.25, 0.3) is 10.1 Å². The van der Waals surface area contributed by atoms with E-state index in [-0.39, 0.29) is 63.6 Å². The van der Waals surface area contributed by atoms with Gasteiger partial charge in [0.2, 0.25) is 5.91 Å². The van der Waals surface area contributed by atoms with E-state index in [1.54, 1.807) is 0 Å². The Bertz CT molecular complexity index is 446. The molecule has 78 valence electrons. The summed E-state index contributed by atoms with van der Waals surface area (Å²) in [4.78, 5) is 10.4. The number of nitrogens with one attached hydrogen (secondary N) is 1. The van der Waals surface area contributed by atoms with Crippen LogP contribution in [-0.4, -0.2) is 18.9 Å². The van der Waals surface area contributed by atoms with Crippen LogP contribution in [-0.2, 0) is 14.9 Å². The molecule has 0 saturated heterocycles. The van der Waals surface area contributed by atoms with Crippen molar-refractivity contribution in [3.05, 3.63) is 24.3 Å². The topological polar surface area (TPSA) is 83.5 Å². The van der Waals surface area contributed by atoms with Gasteiger partial charge < -0.3 is 6.74 Å². The molecule has 0 aliphatic heterocycles. The van der Waals surface area contributed by atoms with E-state index >= 15 is 0 Å². The second-order valence-electron chi connectivity index (χ2n) is 2.68. The van der Waals surface area contributed by atoms with Crippen molar-refractivity contribution in [2.45, 2.75) is 11.8 Å². The standard InChI is InChI=1S/C8H9NO4S.K.H/c1-6(10)9-7-2-4-8(5-3-7)14(11,12)13;;/h2-5H,1H3,(H,9,10)(H,11,12,13);;/q;+1;-1. The third kappa shape index (κ3) is 5.21. The van der Waals surface area contributed by atoms with Gasteiger partial charge >= 0.3 is 51.4 Å². The van der Waals surface area contributed by atoms with E-state index in [0.29, 0.717) is 5.69 Å². The van der Waals surface area contributed by atoms with Gasteiger partial charge in [-0.25, -0.2) is 0 Å². The van der Waals surface area contributed by atoms with E-state index < -0.39 is 10.1 Å². The minimum Gasteiger partial charge on any atom is -1.00 e. The summed E-state index contributed by atoms with van der Waals surface area (Å²) in [7, 11) is -4.16. The Labute approximate surface area is 132 Å². The molecular formula is C8H10KNO4S. The average molecular weight is 255 g/mol. The van der Waals surface area contributed by atoms with Crippen LogP contribution in [0, 0.1) is 0 Å². The fourth-order valence-electron chi connectivity index (χ4n) is 0.914. The molecule has 0 heterocycles. The van der Waals surface area contributed by atoms with E-state index in [1.807, 2.05) is 0 Å². The minimum atomic E-state index is -4.16. The summed E-state index contributed by atoms with van der Waals surface area (Å²) < 4.78 is 29.9.